The highest BCUT2D eigenvalue weighted by Crippen LogP contribution is 2.66. The number of H-pyrrole nitrogens is 1. The summed E-state index contributed by atoms with van der Waals surface area (Å²) >= 11 is 0. The molecule has 33 heteroatoms. The molecule has 81 heavy (non-hydrogen) atoms. The average molecular weight is 1230 g/mol. The van der Waals surface area contributed by atoms with Crippen molar-refractivity contribution in [2.24, 2.45) is 0 Å². The summed E-state index contributed by atoms with van der Waals surface area (Å²) in [6.07, 6.45) is 6.35. The van der Waals surface area contributed by atoms with Gasteiger partial charge in [-0.15, -0.1) is 0 Å². The smallest absolute Gasteiger partial charge is 0.390 e. The summed E-state index contributed by atoms with van der Waals surface area (Å²) in [5.41, 5.74) is 1.26. The van der Waals surface area contributed by atoms with Crippen molar-refractivity contribution in [3.8, 4) is 11.8 Å². The van der Waals surface area contributed by atoms with Gasteiger partial charge in [0.2, 0.25) is 17.5 Å². The quantitative estimate of drug-likeness (QED) is 0.0190. The van der Waals surface area contributed by atoms with Gasteiger partial charge in [-0.3, -0.25) is 37.6 Å². The summed E-state index contributed by atoms with van der Waals surface area (Å²) < 4.78 is 122. The first kappa shape index (κ1) is 64.9. The first-order chi connectivity index (χ1) is 37.5. The maximum atomic E-state index is 12.7. The second-order valence-electron chi connectivity index (χ2n) is 20.1. The number of unbranched alkanes of at least 4 members (excludes halogenated alkanes) is 4. The van der Waals surface area contributed by atoms with Crippen LogP contribution in [-0.4, -0.2) is 128 Å². The van der Waals surface area contributed by atoms with Gasteiger partial charge in [-0.25, -0.2) is 18.5 Å². The number of aliphatic hydroxyl groups is 1. The van der Waals surface area contributed by atoms with E-state index in [1.54, 1.807) is 12.1 Å². The minimum Gasteiger partial charge on any atom is -0.390 e. The van der Waals surface area contributed by atoms with Crippen LogP contribution in [0.25, 0.3) is 0 Å². The van der Waals surface area contributed by atoms with Crippen LogP contribution in [0.4, 0.5) is 11.4 Å². The summed E-state index contributed by atoms with van der Waals surface area (Å²) in [6, 6.07) is 8.98. The molecule has 2 amide bonds. The number of nitrogens with zero attached hydrogens (tertiary/aromatic N) is 3. The Balaban J connectivity index is 0.917. The molecule has 2 aromatic carbocycles. The van der Waals surface area contributed by atoms with Crippen LogP contribution in [0.1, 0.15) is 108 Å². The predicted molar refractivity (Wildman–Crippen MR) is 289 cm³/mol. The standard InChI is InChI=1S/C48H63N6O22P3S2/c1-47(2)34-26-32(80(67,68)69)19-21-36(34)52(5)40(47)15-12-16-41-48(3,4)35-27-33(81(70,71)72)20-22-37(35)53(41)25-11-7-9-18-42(56)49-23-10-6-8-17-43(57)50-24-13-14-31-29-54(46(59)51-45(31)58)44-28-38(55)39(74-44)30-73-78(63,64)76-79(65,66)75-77(60,61)62/h12,15-16,19-22,26-27,29,38-39,44,55H,6-11,17-18,23-25,28,30H2,1-5H3,(H8-,49,50,51,56,57,58,59,60,61,62,63,64,65,66,67,68,69,70,71,72)/p+1/t38-,39+,44+/m0/s1. The Morgan fingerprint density at radius 1 is 0.852 bits per heavy atom. The van der Waals surface area contributed by atoms with Gasteiger partial charge in [-0.2, -0.15) is 30.0 Å². The van der Waals surface area contributed by atoms with Crippen LogP contribution in [0.2, 0.25) is 0 Å². The van der Waals surface area contributed by atoms with Crippen molar-refractivity contribution in [1.82, 2.24) is 20.2 Å². The molecule has 3 aliphatic heterocycles. The number of hydrogen-bond donors (Lipinski definition) is 10. The van der Waals surface area contributed by atoms with Crippen LogP contribution >= 0.6 is 23.5 Å². The van der Waals surface area contributed by atoms with Crippen LogP contribution in [0, 0.1) is 11.8 Å². The molecular formula is C48H64N6O22P3S2+. The highest BCUT2D eigenvalue weighted by Gasteiger charge is 2.46. The summed E-state index contributed by atoms with van der Waals surface area (Å²) in [7, 11) is -24.0. The van der Waals surface area contributed by atoms with Crippen molar-refractivity contribution in [3.63, 3.8) is 0 Å². The van der Waals surface area contributed by atoms with E-state index in [0.29, 0.717) is 57.2 Å². The topological polar surface area (TPSA) is 417 Å². The number of fused-ring (bicyclic) bond motifs is 2. The molecule has 28 nitrogen and oxygen atoms in total. The Kier molecular flexibility index (Phi) is 20.6. The zero-order chi connectivity index (χ0) is 60.1. The van der Waals surface area contributed by atoms with Gasteiger partial charge in [-0.1, -0.05) is 44.6 Å². The SMILES string of the molecule is C[N+]1=C(C=CC=C2N(CCCCCC(=O)NCCCCCC(=O)NCC#Cc3cn([C@H]4C[C@H](O)[C@@H](COP(=O)(O)OP(=O)(O)OP(=O)(O)O)O4)c(=O)[nH]c3=O)c3ccc(S(=O)(=O)O)cc3C2(C)C)C(C)(C)c2cc(S(=O)(=O)O)ccc21. The molecule has 6 rings (SSSR count). The number of carbonyl (C=O) groups excluding carboxylic acids is 2. The van der Waals surface area contributed by atoms with Crippen molar-refractivity contribution in [3.05, 3.63) is 104 Å². The molecule has 1 aromatic heterocycles. The number of nitrogens with one attached hydrogen (secondary N) is 3. The van der Waals surface area contributed by atoms with E-state index in [-0.39, 0.29) is 53.0 Å². The van der Waals surface area contributed by atoms with Crippen LogP contribution < -0.4 is 26.8 Å². The number of hydrogen-bond acceptors (Lipinski definition) is 17. The minimum absolute atomic E-state index is 0.129. The minimum atomic E-state index is -5.80. The highest BCUT2D eigenvalue weighted by atomic mass is 32.2. The first-order valence-corrected chi connectivity index (χ1v) is 32.4. The van der Waals surface area contributed by atoms with E-state index in [4.69, 9.17) is 14.5 Å². The summed E-state index contributed by atoms with van der Waals surface area (Å²) in [5.74, 6) is 4.66. The third-order valence-electron chi connectivity index (χ3n) is 13.6. The molecule has 0 aliphatic carbocycles. The van der Waals surface area contributed by atoms with Gasteiger partial charge in [0, 0.05) is 73.1 Å². The molecule has 10 N–H and O–H groups in total. The van der Waals surface area contributed by atoms with Crippen molar-refractivity contribution in [2.45, 2.75) is 125 Å². The molecule has 3 aromatic rings. The molecule has 0 bridgehead atoms. The molecule has 2 unspecified atom stereocenters. The van der Waals surface area contributed by atoms with Crippen LogP contribution in [0.15, 0.2) is 85.9 Å². The number of aromatic amines is 1. The lowest BCUT2D eigenvalue weighted by atomic mass is 9.81. The normalized spacial score (nSPS) is 20.6. The van der Waals surface area contributed by atoms with Gasteiger partial charge in [0.05, 0.1) is 34.5 Å². The fraction of sp³-hybridized carbons (Fsp3) is 0.479. The molecule has 0 spiro atoms. The summed E-state index contributed by atoms with van der Waals surface area (Å²) in [4.78, 5) is 90.3. The Hall–Kier alpha value is -5.28. The molecule has 1 saturated heterocycles. The number of carbonyl (C=O) groups is 2. The van der Waals surface area contributed by atoms with Crippen LogP contribution in [0.5, 0.6) is 0 Å². The second-order valence-corrected chi connectivity index (χ2v) is 27.4. The maximum absolute atomic E-state index is 12.7. The molecule has 4 heterocycles. The molecule has 0 radical (unpaired) electrons. The Morgan fingerprint density at radius 2 is 1.47 bits per heavy atom. The monoisotopic (exact) mass is 1230 g/mol. The van der Waals surface area contributed by atoms with Crippen LogP contribution in [0.3, 0.4) is 0 Å². The summed E-state index contributed by atoms with van der Waals surface area (Å²) in [6.45, 7) is 7.58. The number of aromatic nitrogens is 2. The second kappa shape index (κ2) is 25.7. The number of ether oxygens (including phenoxy) is 1. The fourth-order valence-corrected chi connectivity index (χ4v) is 13.6. The van der Waals surface area contributed by atoms with E-state index in [1.165, 1.54) is 24.3 Å². The van der Waals surface area contributed by atoms with Gasteiger partial charge in [0.15, 0.2) is 5.71 Å². The molecule has 3 aliphatic rings. The molecule has 1 fully saturated rings. The first-order valence-electron chi connectivity index (χ1n) is 25.0. The average Bonchev–Trinajstić information content (AvgIpc) is 3.88. The fourth-order valence-electron chi connectivity index (χ4n) is 9.56. The van der Waals surface area contributed by atoms with E-state index >= 15 is 0 Å². The highest BCUT2D eigenvalue weighted by molar-refractivity contribution is 7.86. The van der Waals surface area contributed by atoms with Gasteiger partial charge in [0.25, 0.3) is 25.8 Å². The van der Waals surface area contributed by atoms with Gasteiger partial charge in [-0.05, 0) is 81.5 Å². The number of anilines is 1. The van der Waals surface area contributed by atoms with Crippen molar-refractivity contribution < 1.29 is 96.4 Å². The van der Waals surface area contributed by atoms with Gasteiger partial charge < -0.3 is 45.0 Å². The number of phosphoric ester groups is 1. The lowest BCUT2D eigenvalue weighted by molar-refractivity contribution is -0.401. The van der Waals surface area contributed by atoms with Crippen molar-refractivity contribution in [2.75, 3.05) is 38.2 Å². The summed E-state index contributed by atoms with van der Waals surface area (Å²) in [5, 5.41) is 15.9. The van der Waals surface area contributed by atoms with Crippen molar-refractivity contribution in [1.29, 1.82) is 0 Å². The lowest BCUT2D eigenvalue weighted by Gasteiger charge is -2.27. The zero-order valence-electron chi connectivity index (χ0n) is 44.5. The largest absolute Gasteiger partial charge is 0.490 e. The van der Waals surface area contributed by atoms with E-state index in [0.717, 1.165) is 39.1 Å². The third-order valence-corrected chi connectivity index (χ3v) is 19.1. The Bertz CT molecular complexity index is 3600. The van der Waals surface area contributed by atoms with E-state index in [1.807, 2.05) is 62.5 Å². The number of aliphatic hydroxyl groups excluding tert-OH is 1. The van der Waals surface area contributed by atoms with Crippen molar-refractivity contribution >= 4 is 72.6 Å². The zero-order valence-corrected chi connectivity index (χ0v) is 48.8. The number of phosphoric acid groups is 3. The molecular weight excluding hydrogens is 1170 g/mol. The van der Waals surface area contributed by atoms with Gasteiger partial charge >= 0.3 is 29.2 Å². The number of allylic oxidation sites excluding steroid dienone is 4. The van der Waals surface area contributed by atoms with Gasteiger partial charge in [0.1, 0.15) is 24.9 Å². The predicted octanol–water partition coefficient (Wildman–Crippen LogP) is 3.67. The number of benzene rings is 2. The Morgan fingerprint density at radius 3 is 2.11 bits per heavy atom. The molecule has 5 atom stereocenters. The lowest BCUT2D eigenvalue weighted by Crippen LogP contribution is -2.33. The van der Waals surface area contributed by atoms with E-state index in [9.17, 15) is 73.7 Å². The van der Waals surface area contributed by atoms with Crippen LogP contribution in [-0.2, 0) is 72.2 Å². The van der Waals surface area contributed by atoms with E-state index < -0.39 is 90.8 Å². The maximum Gasteiger partial charge on any atom is 0.490 e. The third kappa shape index (κ3) is 16.9. The molecule has 0 saturated carbocycles. The number of amides is 2. The molecule has 444 valence electrons. The number of rotatable bonds is 25. The van der Waals surface area contributed by atoms with E-state index in [2.05, 4.69) is 40.5 Å². The Labute approximate surface area is 465 Å².